The standard InChI is InChI=1S/C23H31N5O6S/c1-12(29)19(22(32)27-18(11-35)23(33)34)28-21(31)17(26-20(30)16-7-4-8-24-16)9-13-10-25-15-6-3-2-5-14(13)15/h2-3,5-6,10,12,16-19,24-25,29,35H,4,7-9,11H2,1H3,(H,26,30)(H,27,32)(H,28,31)(H,33,34). The van der Waals surface area contributed by atoms with Crippen LogP contribution in [-0.2, 0) is 25.6 Å². The average molecular weight is 506 g/mol. The molecule has 3 rings (SSSR count). The van der Waals surface area contributed by atoms with E-state index in [1.165, 1.54) is 6.92 Å². The molecule has 12 heteroatoms. The fraction of sp³-hybridized carbons (Fsp3) is 0.478. The van der Waals surface area contributed by atoms with Crippen molar-refractivity contribution in [3.05, 3.63) is 36.0 Å². The second-order valence-electron chi connectivity index (χ2n) is 8.58. The molecule has 0 aliphatic carbocycles. The quantitative estimate of drug-likeness (QED) is 0.187. The molecule has 1 aliphatic rings. The van der Waals surface area contributed by atoms with Crippen LogP contribution in [0.5, 0.6) is 0 Å². The Morgan fingerprint density at radius 1 is 1.11 bits per heavy atom. The Morgan fingerprint density at radius 2 is 1.86 bits per heavy atom. The lowest BCUT2D eigenvalue weighted by Crippen LogP contribution is -2.60. The number of carbonyl (C=O) groups excluding carboxylic acids is 3. The van der Waals surface area contributed by atoms with Crippen molar-refractivity contribution in [1.82, 2.24) is 26.3 Å². The Hall–Kier alpha value is -3.09. The monoisotopic (exact) mass is 505 g/mol. The number of aliphatic hydroxyl groups excluding tert-OH is 1. The molecule has 0 spiro atoms. The summed E-state index contributed by atoms with van der Waals surface area (Å²) in [6.07, 6.45) is 2.06. The van der Waals surface area contributed by atoms with E-state index >= 15 is 0 Å². The summed E-state index contributed by atoms with van der Waals surface area (Å²) in [5.74, 6) is -3.35. The molecule has 11 nitrogen and oxygen atoms in total. The number of benzene rings is 1. The van der Waals surface area contributed by atoms with Gasteiger partial charge >= 0.3 is 5.97 Å². The molecule has 1 aromatic heterocycles. The van der Waals surface area contributed by atoms with E-state index in [-0.39, 0.29) is 18.1 Å². The Labute approximate surface area is 207 Å². The third kappa shape index (κ3) is 6.74. The van der Waals surface area contributed by atoms with Crippen LogP contribution < -0.4 is 21.3 Å². The van der Waals surface area contributed by atoms with Crippen molar-refractivity contribution in [1.29, 1.82) is 0 Å². The molecule has 1 aromatic carbocycles. The lowest BCUT2D eigenvalue weighted by Gasteiger charge is -2.26. The summed E-state index contributed by atoms with van der Waals surface area (Å²) in [5.41, 5.74) is 1.66. The zero-order valence-electron chi connectivity index (χ0n) is 19.3. The third-order valence-electron chi connectivity index (χ3n) is 5.97. The molecule has 1 aliphatic heterocycles. The van der Waals surface area contributed by atoms with Crippen LogP contribution in [0.1, 0.15) is 25.3 Å². The number of aromatic nitrogens is 1. The molecule has 0 saturated carbocycles. The average Bonchev–Trinajstić information content (AvgIpc) is 3.50. The van der Waals surface area contributed by atoms with Crippen LogP contribution in [0.3, 0.4) is 0 Å². The maximum atomic E-state index is 13.3. The van der Waals surface area contributed by atoms with Crippen molar-refractivity contribution >= 4 is 47.2 Å². The number of fused-ring (bicyclic) bond motifs is 1. The van der Waals surface area contributed by atoms with Gasteiger partial charge in [0.25, 0.3) is 0 Å². The first-order valence-electron chi connectivity index (χ1n) is 11.4. The normalized spacial score (nSPS) is 18.9. The topological polar surface area (TPSA) is 173 Å². The number of H-pyrrole nitrogens is 1. The molecule has 5 unspecified atom stereocenters. The Balaban J connectivity index is 1.80. The second-order valence-corrected chi connectivity index (χ2v) is 8.95. The maximum absolute atomic E-state index is 13.3. The molecule has 2 aromatic rings. The van der Waals surface area contributed by atoms with Gasteiger partial charge in [0.05, 0.1) is 12.1 Å². The van der Waals surface area contributed by atoms with Gasteiger partial charge in [-0.2, -0.15) is 12.6 Å². The molecule has 190 valence electrons. The minimum atomic E-state index is -1.43. The summed E-state index contributed by atoms with van der Waals surface area (Å²) < 4.78 is 0. The highest BCUT2D eigenvalue weighted by Crippen LogP contribution is 2.19. The van der Waals surface area contributed by atoms with Gasteiger partial charge in [-0.3, -0.25) is 14.4 Å². The first-order chi connectivity index (χ1) is 16.7. The van der Waals surface area contributed by atoms with Gasteiger partial charge in [0.1, 0.15) is 18.1 Å². The molecule has 0 radical (unpaired) electrons. The van der Waals surface area contributed by atoms with Crippen LogP contribution in [0, 0.1) is 0 Å². The predicted octanol–water partition coefficient (Wildman–Crippen LogP) is -0.688. The van der Waals surface area contributed by atoms with E-state index in [1.54, 1.807) is 6.20 Å². The summed E-state index contributed by atoms with van der Waals surface area (Å²) >= 11 is 3.91. The van der Waals surface area contributed by atoms with Gasteiger partial charge in [-0.1, -0.05) is 18.2 Å². The van der Waals surface area contributed by atoms with Gasteiger partial charge in [0.15, 0.2) is 0 Å². The van der Waals surface area contributed by atoms with Crippen molar-refractivity contribution in [2.24, 2.45) is 0 Å². The van der Waals surface area contributed by atoms with Crippen LogP contribution in [0.4, 0.5) is 0 Å². The molecular formula is C23H31N5O6S. The number of carbonyl (C=O) groups is 4. The van der Waals surface area contributed by atoms with Crippen LogP contribution in [-0.4, -0.2) is 81.5 Å². The summed E-state index contributed by atoms with van der Waals surface area (Å²) in [7, 11) is 0. The number of rotatable bonds is 11. The van der Waals surface area contributed by atoms with Gasteiger partial charge in [-0.15, -0.1) is 0 Å². The number of hydrogen-bond donors (Lipinski definition) is 8. The second kappa shape index (κ2) is 12.0. The Kier molecular flexibility index (Phi) is 9.13. The smallest absolute Gasteiger partial charge is 0.327 e. The molecule has 1 fully saturated rings. The molecule has 5 atom stereocenters. The first-order valence-corrected chi connectivity index (χ1v) is 12.1. The van der Waals surface area contributed by atoms with Gasteiger partial charge < -0.3 is 36.5 Å². The van der Waals surface area contributed by atoms with Crippen molar-refractivity contribution in [2.75, 3.05) is 12.3 Å². The number of thiol groups is 1. The third-order valence-corrected chi connectivity index (χ3v) is 6.33. The van der Waals surface area contributed by atoms with E-state index in [0.717, 1.165) is 22.9 Å². The number of carboxylic acid groups (broad SMARTS) is 1. The lowest BCUT2D eigenvalue weighted by molar-refractivity contribution is -0.142. The zero-order chi connectivity index (χ0) is 25.5. The van der Waals surface area contributed by atoms with Crippen molar-refractivity contribution in [2.45, 2.75) is 56.5 Å². The van der Waals surface area contributed by atoms with E-state index in [0.29, 0.717) is 13.0 Å². The SMILES string of the molecule is CC(O)C(NC(=O)C(Cc1c[nH]c2ccccc12)NC(=O)C1CCCN1)C(=O)NC(CS)C(=O)O. The van der Waals surface area contributed by atoms with Crippen molar-refractivity contribution in [3.8, 4) is 0 Å². The van der Waals surface area contributed by atoms with Crippen LogP contribution in [0.2, 0.25) is 0 Å². The molecule has 3 amide bonds. The highest BCUT2D eigenvalue weighted by molar-refractivity contribution is 7.80. The van der Waals surface area contributed by atoms with E-state index in [9.17, 15) is 29.4 Å². The number of hydrogen-bond acceptors (Lipinski definition) is 7. The Bertz CT molecular complexity index is 1070. The fourth-order valence-electron chi connectivity index (χ4n) is 4.02. The highest BCUT2D eigenvalue weighted by Gasteiger charge is 2.33. The number of para-hydroxylation sites is 1. The fourth-order valence-corrected chi connectivity index (χ4v) is 4.26. The minimum Gasteiger partial charge on any atom is -0.480 e. The number of aliphatic carboxylic acids is 1. The molecule has 7 N–H and O–H groups in total. The number of nitrogens with one attached hydrogen (secondary N) is 5. The number of aliphatic hydroxyl groups is 1. The van der Waals surface area contributed by atoms with E-state index < -0.39 is 48.1 Å². The van der Waals surface area contributed by atoms with Gasteiger partial charge in [0.2, 0.25) is 17.7 Å². The summed E-state index contributed by atoms with van der Waals surface area (Å²) in [5, 5.41) is 30.8. The van der Waals surface area contributed by atoms with Gasteiger partial charge in [-0.05, 0) is 37.9 Å². The van der Waals surface area contributed by atoms with Gasteiger partial charge in [-0.25, -0.2) is 4.79 Å². The van der Waals surface area contributed by atoms with Crippen molar-refractivity contribution < 1.29 is 29.4 Å². The van der Waals surface area contributed by atoms with Gasteiger partial charge in [0, 0.05) is 29.3 Å². The zero-order valence-corrected chi connectivity index (χ0v) is 20.2. The molecular weight excluding hydrogens is 474 g/mol. The van der Waals surface area contributed by atoms with Crippen LogP contribution >= 0.6 is 12.6 Å². The van der Waals surface area contributed by atoms with Crippen LogP contribution in [0.15, 0.2) is 30.5 Å². The van der Waals surface area contributed by atoms with E-state index in [4.69, 9.17) is 0 Å². The summed E-state index contributed by atoms with van der Waals surface area (Å²) in [6, 6.07) is 3.34. The first kappa shape index (κ1) is 26.5. The lowest BCUT2D eigenvalue weighted by atomic mass is 10.0. The number of aromatic amines is 1. The van der Waals surface area contributed by atoms with Crippen LogP contribution in [0.25, 0.3) is 10.9 Å². The molecule has 35 heavy (non-hydrogen) atoms. The summed E-state index contributed by atoms with van der Waals surface area (Å²) in [6.45, 7) is 2.01. The predicted molar refractivity (Wildman–Crippen MR) is 132 cm³/mol. The molecule has 2 heterocycles. The maximum Gasteiger partial charge on any atom is 0.327 e. The van der Waals surface area contributed by atoms with E-state index in [2.05, 4.69) is 38.9 Å². The van der Waals surface area contributed by atoms with Crippen molar-refractivity contribution in [3.63, 3.8) is 0 Å². The molecule has 0 bridgehead atoms. The number of amides is 3. The molecule has 1 saturated heterocycles. The number of carboxylic acids is 1. The van der Waals surface area contributed by atoms with E-state index in [1.807, 2.05) is 24.3 Å². The highest BCUT2D eigenvalue weighted by atomic mass is 32.1. The minimum absolute atomic E-state index is 0.136. The summed E-state index contributed by atoms with van der Waals surface area (Å²) in [4.78, 5) is 53.1. The Morgan fingerprint density at radius 3 is 2.49 bits per heavy atom. The largest absolute Gasteiger partial charge is 0.480 e.